The van der Waals surface area contributed by atoms with Crippen molar-refractivity contribution in [1.82, 2.24) is 14.8 Å². The van der Waals surface area contributed by atoms with E-state index in [1.165, 1.54) is 15.5 Å². The number of benzene rings is 1. The third-order valence-corrected chi connectivity index (χ3v) is 4.60. The number of rotatable bonds is 5. The van der Waals surface area contributed by atoms with Crippen LogP contribution >= 0.6 is 0 Å². The first-order chi connectivity index (χ1) is 13.4. The van der Waals surface area contributed by atoms with Crippen molar-refractivity contribution in [2.45, 2.75) is 25.4 Å². The van der Waals surface area contributed by atoms with Gasteiger partial charge in [-0.15, -0.1) is 0 Å². The van der Waals surface area contributed by atoms with E-state index >= 15 is 0 Å². The molecule has 2 atom stereocenters. The van der Waals surface area contributed by atoms with E-state index in [9.17, 15) is 19.2 Å². The number of likely N-dealkylation sites (tertiary alicyclic amines) is 1. The molecule has 2 unspecified atom stereocenters. The van der Waals surface area contributed by atoms with Gasteiger partial charge in [0.2, 0.25) is 11.8 Å². The van der Waals surface area contributed by atoms with Crippen LogP contribution in [0.15, 0.2) is 53.5 Å². The molecule has 28 heavy (non-hydrogen) atoms. The van der Waals surface area contributed by atoms with Gasteiger partial charge >= 0.3 is 0 Å². The molecule has 1 aromatic heterocycles. The molecule has 1 aromatic carbocycles. The highest BCUT2D eigenvalue weighted by molar-refractivity contribution is 5.95. The fourth-order valence-electron chi connectivity index (χ4n) is 3.18. The number of nitrogens with one attached hydrogen (secondary N) is 1. The summed E-state index contributed by atoms with van der Waals surface area (Å²) in [6.45, 7) is 1.90. The molecule has 145 valence electrons. The zero-order valence-electron chi connectivity index (χ0n) is 15.4. The summed E-state index contributed by atoms with van der Waals surface area (Å²) < 4.78 is 1.47. The fourth-order valence-corrected chi connectivity index (χ4v) is 3.18. The van der Waals surface area contributed by atoms with Crippen LogP contribution in [0.5, 0.6) is 0 Å². The lowest BCUT2D eigenvalue weighted by molar-refractivity contribution is -0.136. The van der Waals surface area contributed by atoms with Crippen LogP contribution in [0.1, 0.15) is 23.7 Å². The van der Waals surface area contributed by atoms with Crippen LogP contribution in [0.25, 0.3) is 5.69 Å². The Kier molecular flexibility index (Phi) is 5.58. The first-order valence-corrected chi connectivity index (χ1v) is 8.93. The topological polar surface area (TPSA) is 114 Å². The maximum absolute atomic E-state index is 12.5. The van der Waals surface area contributed by atoms with Gasteiger partial charge < -0.3 is 16.0 Å². The second-order valence-electron chi connectivity index (χ2n) is 6.48. The molecule has 2 heterocycles. The van der Waals surface area contributed by atoms with Gasteiger partial charge in [0.25, 0.3) is 11.5 Å². The van der Waals surface area contributed by atoms with Crippen molar-refractivity contribution in [1.29, 1.82) is 0 Å². The third kappa shape index (κ3) is 3.95. The number of carbonyl (C=O) groups excluding carboxylic acids is 3. The highest BCUT2D eigenvalue weighted by Gasteiger charge is 2.38. The fraction of sp³-hybridized carbons (Fsp3) is 0.250. The minimum Gasteiger partial charge on any atom is -0.368 e. The SMILES string of the molecule is CCC(=O)N1CC(NC(=O)c2ccc(-n3ccccc3=O)cc2)[CH]C1C(N)=O. The van der Waals surface area contributed by atoms with E-state index in [2.05, 4.69) is 5.32 Å². The second kappa shape index (κ2) is 8.08. The first kappa shape index (κ1) is 19.3. The van der Waals surface area contributed by atoms with Crippen LogP contribution in [0.4, 0.5) is 0 Å². The number of aromatic nitrogens is 1. The van der Waals surface area contributed by atoms with Crippen molar-refractivity contribution >= 4 is 17.7 Å². The molecule has 3 N–H and O–H groups in total. The highest BCUT2D eigenvalue weighted by Crippen LogP contribution is 2.18. The standard InChI is InChI=1S/C20H21N4O4/c1-2-17(25)24-12-14(11-16(24)19(21)27)22-20(28)13-6-8-15(9-7-13)23-10-4-3-5-18(23)26/h3-11,14,16H,2,12H2,1H3,(H2,21,27)(H,22,28). The lowest BCUT2D eigenvalue weighted by Crippen LogP contribution is -2.43. The Morgan fingerprint density at radius 3 is 2.46 bits per heavy atom. The number of pyridine rings is 1. The zero-order valence-corrected chi connectivity index (χ0v) is 15.4. The lowest BCUT2D eigenvalue weighted by atomic mass is 10.1. The van der Waals surface area contributed by atoms with Gasteiger partial charge in [0.15, 0.2) is 0 Å². The molecule has 1 saturated heterocycles. The van der Waals surface area contributed by atoms with Gasteiger partial charge in [0.05, 0.1) is 6.04 Å². The van der Waals surface area contributed by atoms with Crippen molar-refractivity contribution in [2.75, 3.05) is 6.54 Å². The Bertz CT molecular complexity index is 951. The van der Waals surface area contributed by atoms with Crippen LogP contribution in [0, 0.1) is 6.42 Å². The number of hydrogen-bond acceptors (Lipinski definition) is 4. The monoisotopic (exact) mass is 381 g/mol. The average Bonchev–Trinajstić information content (AvgIpc) is 3.12. The number of hydrogen-bond donors (Lipinski definition) is 2. The molecule has 1 aliphatic rings. The molecule has 0 aliphatic carbocycles. The molecular formula is C20H21N4O4. The van der Waals surface area contributed by atoms with Gasteiger partial charge in [-0.3, -0.25) is 23.7 Å². The van der Waals surface area contributed by atoms with Gasteiger partial charge in [-0.2, -0.15) is 0 Å². The molecule has 1 radical (unpaired) electrons. The summed E-state index contributed by atoms with van der Waals surface area (Å²) in [5.41, 5.74) is 6.24. The number of primary amides is 1. The van der Waals surface area contributed by atoms with Crippen LogP contribution in [0.2, 0.25) is 0 Å². The third-order valence-electron chi connectivity index (χ3n) is 4.60. The molecule has 3 amide bonds. The summed E-state index contributed by atoms with van der Waals surface area (Å²) in [7, 11) is 0. The van der Waals surface area contributed by atoms with Crippen molar-refractivity contribution < 1.29 is 14.4 Å². The van der Waals surface area contributed by atoms with E-state index in [1.54, 1.807) is 55.9 Å². The number of carbonyl (C=O) groups is 3. The van der Waals surface area contributed by atoms with E-state index in [1.807, 2.05) is 0 Å². The van der Waals surface area contributed by atoms with Gasteiger partial charge in [-0.05, 0) is 30.3 Å². The molecule has 0 saturated carbocycles. The maximum Gasteiger partial charge on any atom is 0.255 e. The Hall–Kier alpha value is -3.42. The van der Waals surface area contributed by atoms with Crippen LogP contribution in [0.3, 0.4) is 0 Å². The van der Waals surface area contributed by atoms with Crippen LogP contribution in [-0.2, 0) is 9.59 Å². The summed E-state index contributed by atoms with van der Waals surface area (Å²) in [5, 5.41) is 2.79. The second-order valence-corrected chi connectivity index (χ2v) is 6.48. The molecule has 8 nitrogen and oxygen atoms in total. The van der Waals surface area contributed by atoms with Crippen LogP contribution in [-0.4, -0.2) is 45.8 Å². The highest BCUT2D eigenvalue weighted by atomic mass is 16.2. The molecule has 1 fully saturated rings. The molecule has 1 aliphatic heterocycles. The molecule has 3 rings (SSSR count). The van der Waals surface area contributed by atoms with Gasteiger partial charge in [0.1, 0.15) is 6.04 Å². The van der Waals surface area contributed by atoms with Gasteiger partial charge in [-0.25, -0.2) is 0 Å². The Labute approximate surface area is 161 Å². The van der Waals surface area contributed by atoms with Crippen molar-refractivity contribution in [3.8, 4) is 5.69 Å². The smallest absolute Gasteiger partial charge is 0.255 e. The Balaban J connectivity index is 1.70. The van der Waals surface area contributed by atoms with E-state index in [-0.39, 0.29) is 30.3 Å². The first-order valence-electron chi connectivity index (χ1n) is 8.93. The molecular weight excluding hydrogens is 360 g/mol. The van der Waals surface area contributed by atoms with E-state index in [0.717, 1.165) is 0 Å². The quantitative estimate of drug-likeness (QED) is 0.772. The van der Waals surface area contributed by atoms with Crippen molar-refractivity contribution in [3.63, 3.8) is 0 Å². The summed E-state index contributed by atoms with van der Waals surface area (Å²) in [6.07, 6.45) is 3.47. The molecule has 2 aromatic rings. The van der Waals surface area contributed by atoms with E-state index in [0.29, 0.717) is 11.3 Å². The number of nitrogens with two attached hydrogens (primary N) is 1. The van der Waals surface area contributed by atoms with E-state index < -0.39 is 18.0 Å². The summed E-state index contributed by atoms with van der Waals surface area (Å²) in [6, 6.07) is 10.1. The molecule has 8 heteroatoms. The zero-order chi connectivity index (χ0) is 20.3. The average molecular weight is 381 g/mol. The normalized spacial score (nSPS) is 18.7. The minimum atomic E-state index is -0.829. The van der Waals surface area contributed by atoms with Gasteiger partial charge in [-0.1, -0.05) is 13.0 Å². The summed E-state index contributed by atoms with van der Waals surface area (Å²) in [4.78, 5) is 49.3. The minimum absolute atomic E-state index is 0.168. The maximum atomic E-state index is 12.5. The summed E-state index contributed by atoms with van der Waals surface area (Å²) >= 11 is 0. The molecule has 0 spiro atoms. The van der Waals surface area contributed by atoms with Crippen LogP contribution < -0.4 is 16.6 Å². The predicted octanol–water partition coefficient (Wildman–Crippen LogP) is 0.246. The lowest BCUT2D eigenvalue weighted by Gasteiger charge is -2.21. The Morgan fingerprint density at radius 2 is 1.86 bits per heavy atom. The number of nitrogens with zero attached hydrogens (tertiary/aromatic N) is 2. The Morgan fingerprint density at radius 1 is 1.14 bits per heavy atom. The predicted molar refractivity (Wildman–Crippen MR) is 103 cm³/mol. The van der Waals surface area contributed by atoms with Gasteiger partial charge in [0, 0.05) is 42.9 Å². The van der Waals surface area contributed by atoms with E-state index in [4.69, 9.17) is 5.73 Å². The number of amides is 3. The summed E-state index contributed by atoms with van der Waals surface area (Å²) in [5.74, 6) is -1.17. The van der Waals surface area contributed by atoms with Crippen molar-refractivity contribution in [2.24, 2.45) is 5.73 Å². The molecule has 0 bridgehead atoms. The van der Waals surface area contributed by atoms with Crippen molar-refractivity contribution in [3.05, 3.63) is 71.0 Å². The largest absolute Gasteiger partial charge is 0.368 e.